The minimum atomic E-state index is -1.85. The first kappa shape index (κ1) is 12.2. The molecule has 100 valence electrons. The van der Waals surface area contributed by atoms with Crippen LogP contribution in [0.5, 0.6) is 0 Å². The quantitative estimate of drug-likeness (QED) is 0.782. The van der Waals surface area contributed by atoms with E-state index in [0.29, 0.717) is 11.9 Å². The summed E-state index contributed by atoms with van der Waals surface area (Å²) in [6.07, 6.45) is 0.117. The van der Waals surface area contributed by atoms with Gasteiger partial charge in [0.25, 0.3) is 0 Å². The Morgan fingerprint density at radius 1 is 1.37 bits per heavy atom. The monoisotopic (exact) mass is 267 g/mol. The zero-order valence-corrected chi connectivity index (χ0v) is 9.79. The second kappa shape index (κ2) is 4.07. The third kappa shape index (κ3) is 1.82. The molecule has 0 saturated heterocycles. The maximum atomic E-state index is 13.8. The summed E-state index contributed by atoms with van der Waals surface area (Å²) in [5, 5.41) is 24.5. The van der Waals surface area contributed by atoms with Crippen LogP contribution in [0, 0.1) is 11.6 Å². The summed E-state index contributed by atoms with van der Waals surface area (Å²) in [6.45, 7) is -0.133. The third-order valence-corrected chi connectivity index (χ3v) is 3.41. The number of fused-ring (bicyclic) bond motifs is 1. The third-order valence-electron chi connectivity index (χ3n) is 3.41. The number of aliphatic hydroxyl groups is 2. The van der Waals surface area contributed by atoms with Crippen LogP contribution in [0.4, 0.5) is 8.78 Å². The molecule has 1 aliphatic rings. The Bertz CT molecular complexity index is 631. The number of hydrogen-bond acceptors (Lipinski definition) is 4. The van der Waals surface area contributed by atoms with Crippen molar-refractivity contribution >= 4 is 0 Å². The van der Waals surface area contributed by atoms with Crippen LogP contribution in [0.1, 0.15) is 11.4 Å². The first-order valence-electron chi connectivity index (χ1n) is 5.73. The van der Waals surface area contributed by atoms with Crippen LogP contribution in [0.15, 0.2) is 24.5 Å². The molecule has 0 saturated carbocycles. The molecule has 2 atom stereocenters. The summed E-state index contributed by atoms with van der Waals surface area (Å²) >= 11 is 0. The van der Waals surface area contributed by atoms with Crippen LogP contribution in [0.25, 0.3) is 0 Å². The van der Waals surface area contributed by atoms with Gasteiger partial charge >= 0.3 is 0 Å². The number of hydrogen-bond donors (Lipinski definition) is 2. The Kier molecular flexibility index (Phi) is 2.61. The minimum Gasteiger partial charge on any atom is -0.389 e. The van der Waals surface area contributed by atoms with E-state index >= 15 is 0 Å². The lowest BCUT2D eigenvalue weighted by atomic mass is 9.84. The van der Waals surface area contributed by atoms with Gasteiger partial charge in [0.15, 0.2) is 0 Å². The molecule has 1 aromatic carbocycles. The Hall–Kier alpha value is -1.86. The molecule has 2 heterocycles. The predicted molar refractivity (Wildman–Crippen MR) is 60.0 cm³/mol. The van der Waals surface area contributed by atoms with E-state index in [-0.39, 0.29) is 18.5 Å². The molecule has 0 aliphatic carbocycles. The average Bonchev–Trinajstić information content (AvgIpc) is 2.76. The molecule has 1 aromatic heterocycles. The smallest absolute Gasteiger partial charge is 0.138 e. The van der Waals surface area contributed by atoms with Crippen LogP contribution in [-0.4, -0.2) is 31.1 Å². The van der Waals surface area contributed by atoms with Gasteiger partial charge in [-0.25, -0.2) is 18.4 Å². The number of halogens is 2. The summed E-state index contributed by atoms with van der Waals surface area (Å²) in [4.78, 5) is 3.93. The molecule has 0 amide bonds. The van der Waals surface area contributed by atoms with Crippen LogP contribution in [-0.2, 0) is 18.6 Å². The highest BCUT2D eigenvalue weighted by atomic mass is 19.1. The number of aromatic nitrogens is 3. The molecule has 0 radical (unpaired) electrons. The van der Waals surface area contributed by atoms with Crippen molar-refractivity contribution in [3.63, 3.8) is 0 Å². The molecular weight excluding hydrogens is 256 g/mol. The van der Waals surface area contributed by atoms with Gasteiger partial charge in [0, 0.05) is 18.1 Å². The van der Waals surface area contributed by atoms with Crippen molar-refractivity contribution in [1.82, 2.24) is 14.8 Å². The van der Waals surface area contributed by atoms with E-state index in [1.807, 2.05) is 0 Å². The summed E-state index contributed by atoms with van der Waals surface area (Å²) in [5.74, 6) is -1.12. The fraction of sp³-hybridized carbons (Fsp3) is 0.333. The van der Waals surface area contributed by atoms with E-state index in [1.165, 1.54) is 11.0 Å². The van der Waals surface area contributed by atoms with Crippen molar-refractivity contribution in [2.24, 2.45) is 0 Å². The highest BCUT2D eigenvalue weighted by Crippen LogP contribution is 2.34. The van der Waals surface area contributed by atoms with Crippen molar-refractivity contribution in [1.29, 1.82) is 0 Å². The predicted octanol–water partition coefficient (Wildman–Crippen LogP) is 0.361. The van der Waals surface area contributed by atoms with Crippen LogP contribution in [0.3, 0.4) is 0 Å². The normalized spacial score (nSPS) is 26.2. The van der Waals surface area contributed by atoms with Crippen molar-refractivity contribution in [3.05, 3.63) is 47.5 Å². The highest BCUT2D eigenvalue weighted by Gasteiger charge is 2.44. The second-order valence-electron chi connectivity index (χ2n) is 4.60. The van der Waals surface area contributed by atoms with E-state index < -0.39 is 23.3 Å². The first-order chi connectivity index (χ1) is 9.00. The lowest BCUT2D eigenvalue weighted by Gasteiger charge is -2.37. The van der Waals surface area contributed by atoms with Crippen LogP contribution in [0.2, 0.25) is 0 Å². The van der Waals surface area contributed by atoms with Gasteiger partial charge in [0.2, 0.25) is 0 Å². The fourth-order valence-electron chi connectivity index (χ4n) is 2.36. The number of benzene rings is 1. The van der Waals surface area contributed by atoms with Gasteiger partial charge < -0.3 is 10.2 Å². The van der Waals surface area contributed by atoms with Crippen molar-refractivity contribution in [2.45, 2.75) is 24.7 Å². The molecule has 1 aliphatic heterocycles. The first-order valence-corrected chi connectivity index (χ1v) is 5.73. The standard InChI is InChI=1S/C12H11F2N3O2/c13-7-1-2-8(9(14)3-7)12(19)5-17-11(4-10(12)18)15-6-16-17/h1-3,6,10,18-19H,4-5H2. The van der Waals surface area contributed by atoms with E-state index in [0.717, 1.165) is 12.1 Å². The fourth-order valence-corrected chi connectivity index (χ4v) is 2.36. The van der Waals surface area contributed by atoms with Gasteiger partial charge in [-0.1, -0.05) is 6.07 Å². The highest BCUT2D eigenvalue weighted by molar-refractivity contribution is 5.28. The molecule has 0 bridgehead atoms. The lowest BCUT2D eigenvalue weighted by molar-refractivity contribution is -0.107. The van der Waals surface area contributed by atoms with Gasteiger partial charge in [-0.2, -0.15) is 5.10 Å². The SMILES string of the molecule is OC1Cc2ncnn2CC1(O)c1ccc(F)cc1F. The molecule has 19 heavy (non-hydrogen) atoms. The zero-order chi connectivity index (χ0) is 13.6. The average molecular weight is 267 g/mol. The Labute approximate surface area is 107 Å². The number of nitrogens with zero attached hydrogens (tertiary/aromatic N) is 3. The molecule has 7 heteroatoms. The van der Waals surface area contributed by atoms with E-state index in [2.05, 4.69) is 10.1 Å². The largest absolute Gasteiger partial charge is 0.389 e. The van der Waals surface area contributed by atoms with Gasteiger partial charge in [0.05, 0.1) is 12.6 Å². The Balaban J connectivity index is 2.08. The van der Waals surface area contributed by atoms with Crippen LogP contribution < -0.4 is 0 Å². The summed E-state index contributed by atoms with van der Waals surface area (Å²) < 4.78 is 28.1. The molecular formula is C12H11F2N3O2. The summed E-state index contributed by atoms with van der Waals surface area (Å²) in [6, 6.07) is 2.85. The van der Waals surface area contributed by atoms with Gasteiger partial charge in [-0.05, 0) is 6.07 Å². The second-order valence-corrected chi connectivity index (χ2v) is 4.60. The summed E-state index contributed by atoms with van der Waals surface area (Å²) in [7, 11) is 0. The topological polar surface area (TPSA) is 71.2 Å². The van der Waals surface area contributed by atoms with Crippen molar-refractivity contribution in [3.8, 4) is 0 Å². The lowest BCUT2D eigenvalue weighted by Crippen LogP contribution is -2.49. The molecule has 2 N–H and O–H groups in total. The van der Waals surface area contributed by atoms with Gasteiger partial charge in [-0.3, -0.25) is 0 Å². The van der Waals surface area contributed by atoms with E-state index in [4.69, 9.17) is 0 Å². The number of aliphatic hydroxyl groups excluding tert-OH is 1. The van der Waals surface area contributed by atoms with Gasteiger partial charge in [-0.15, -0.1) is 0 Å². The zero-order valence-electron chi connectivity index (χ0n) is 9.79. The van der Waals surface area contributed by atoms with E-state index in [9.17, 15) is 19.0 Å². The molecule has 3 rings (SSSR count). The minimum absolute atomic E-state index is 0.0489. The number of rotatable bonds is 1. The van der Waals surface area contributed by atoms with Crippen LogP contribution >= 0.6 is 0 Å². The van der Waals surface area contributed by atoms with Gasteiger partial charge in [0.1, 0.15) is 29.4 Å². The maximum absolute atomic E-state index is 13.8. The molecule has 0 spiro atoms. The molecule has 5 nitrogen and oxygen atoms in total. The van der Waals surface area contributed by atoms with E-state index in [1.54, 1.807) is 0 Å². The summed E-state index contributed by atoms with van der Waals surface area (Å²) in [5.41, 5.74) is -2.00. The Morgan fingerprint density at radius 3 is 2.89 bits per heavy atom. The molecule has 2 aromatic rings. The van der Waals surface area contributed by atoms with Crippen molar-refractivity contribution < 1.29 is 19.0 Å². The maximum Gasteiger partial charge on any atom is 0.138 e. The van der Waals surface area contributed by atoms with Crippen molar-refractivity contribution in [2.75, 3.05) is 0 Å². The Morgan fingerprint density at radius 2 is 2.16 bits per heavy atom. The molecule has 2 unspecified atom stereocenters. The molecule has 0 fully saturated rings.